The molecule has 2 aromatic heterocycles. The van der Waals surface area contributed by atoms with Crippen molar-refractivity contribution < 1.29 is 4.42 Å². The molecule has 0 amide bonds. The SMILES string of the molecule is Nc1ncc(C2(c3ncco3)C=CC=CC2)c(N)n1. The Balaban J connectivity index is 2.20. The van der Waals surface area contributed by atoms with E-state index in [4.69, 9.17) is 15.9 Å². The summed E-state index contributed by atoms with van der Waals surface area (Å²) in [5.74, 6) is 1.05. The van der Waals surface area contributed by atoms with Gasteiger partial charge in [-0.1, -0.05) is 24.3 Å². The first-order valence-electron chi connectivity index (χ1n) is 5.85. The van der Waals surface area contributed by atoms with Crippen molar-refractivity contribution in [2.75, 3.05) is 11.5 Å². The van der Waals surface area contributed by atoms with E-state index in [1.165, 1.54) is 6.26 Å². The first kappa shape index (κ1) is 11.5. The number of nitrogen functional groups attached to an aromatic ring is 2. The van der Waals surface area contributed by atoms with Crippen LogP contribution < -0.4 is 11.5 Å². The molecule has 6 nitrogen and oxygen atoms in total. The molecule has 0 saturated heterocycles. The molecule has 1 aliphatic rings. The summed E-state index contributed by atoms with van der Waals surface area (Å²) in [7, 11) is 0. The van der Waals surface area contributed by atoms with E-state index < -0.39 is 5.41 Å². The molecule has 0 aromatic carbocycles. The van der Waals surface area contributed by atoms with Gasteiger partial charge in [0.25, 0.3) is 0 Å². The van der Waals surface area contributed by atoms with Crippen molar-refractivity contribution in [1.29, 1.82) is 0 Å². The standard InChI is InChI=1S/C13H13N5O/c14-10-9(8-17-12(15)18-10)13(4-2-1-3-5-13)11-16-6-7-19-11/h1-4,6-8H,5H2,(H4,14,15,17,18). The predicted octanol–water partition coefficient (Wildman–Crippen LogP) is 1.43. The van der Waals surface area contributed by atoms with Gasteiger partial charge in [0.15, 0.2) is 0 Å². The van der Waals surface area contributed by atoms with Crippen molar-refractivity contribution in [1.82, 2.24) is 15.0 Å². The maximum Gasteiger partial charge on any atom is 0.221 e. The number of aromatic nitrogens is 3. The summed E-state index contributed by atoms with van der Waals surface area (Å²) in [4.78, 5) is 12.3. The van der Waals surface area contributed by atoms with Crippen LogP contribution in [0.1, 0.15) is 17.9 Å². The number of oxazole rings is 1. The number of hydrogen-bond donors (Lipinski definition) is 2. The van der Waals surface area contributed by atoms with E-state index in [1.807, 2.05) is 24.3 Å². The lowest BCUT2D eigenvalue weighted by Gasteiger charge is -2.28. The van der Waals surface area contributed by atoms with Gasteiger partial charge in [0.2, 0.25) is 11.8 Å². The van der Waals surface area contributed by atoms with E-state index in [0.29, 0.717) is 18.1 Å². The number of anilines is 2. The fourth-order valence-corrected chi connectivity index (χ4v) is 2.29. The van der Waals surface area contributed by atoms with Gasteiger partial charge in [-0.3, -0.25) is 0 Å². The highest BCUT2D eigenvalue weighted by molar-refractivity contribution is 5.53. The lowest BCUT2D eigenvalue weighted by Crippen LogP contribution is -2.28. The first-order chi connectivity index (χ1) is 9.22. The van der Waals surface area contributed by atoms with Crippen molar-refractivity contribution in [3.8, 4) is 0 Å². The highest BCUT2D eigenvalue weighted by Gasteiger charge is 2.38. The van der Waals surface area contributed by atoms with Crippen molar-refractivity contribution in [3.05, 3.63) is 54.4 Å². The molecular formula is C13H13N5O. The maximum atomic E-state index is 5.98. The van der Waals surface area contributed by atoms with Crippen LogP contribution in [0.25, 0.3) is 0 Å². The second kappa shape index (κ2) is 4.24. The Morgan fingerprint density at radius 1 is 1.21 bits per heavy atom. The van der Waals surface area contributed by atoms with Crippen molar-refractivity contribution in [2.24, 2.45) is 0 Å². The summed E-state index contributed by atoms with van der Waals surface area (Å²) in [6, 6.07) is 0. The van der Waals surface area contributed by atoms with Crippen LogP contribution in [0.2, 0.25) is 0 Å². The van der Waals surface area contributed by atoms with E-state index in [9.17, 15) is 0 Å². The minimum atomic E-state index is -0.573. The van der Waals surface area contributed by atoms with Crippen LogP contribution in [0.5, 0.6) is 0 Å². The lowest BCUT2D eigenvalue weighted by atomic mass is 9.76. The molecule has 0 radical (unpaired) electrons. The lowest BCUT2D eigenvalue weighted by molar-refractivity contribution is 0.419. The topological polar surface area (TPSA) is 104 Å². The molecular weight excluding hydrogens is 242 g/mol. The minimum absolute atomic E-state index is 0.152. The van der Waals surface area contributed by atoms with Crippen molar-refractivity contribution >= 4 is 11.8 Å². The van der Waals surface area contributed by atoms with Crippen LogP contribution in [-0.2, 0) is 5.41 Å². The molecule has 96 valence electrons. The van der Waals surface area contributed by atoms with E-state index in [2.05, 4.69) is 15.0 Å². The van der Waals surface area contributed by atoms with Gasteiger partial charge in [-0.25, -0.2) is 9.97 Å². The van der Waals surface area contributed by atoms with Gasteiger partial charge < -0.3 is 15.9 Å². The summed E-state index contributed by atoms with van der Waals surface area (Å²) < 4.78 is 5.48. The molecule has 0 aliphatic heterocycles. The first-order valence-corrected chi connectivity index (χ1v) is 5.85. The molecule has 0 spiro atoms. The second-order valence-corrected chi connectivity index (χ2v) is 4.33. The third kappa shape index (κ3) is 1.77. The van der Waals surface area contributed by atoms with Crippen LogP contribution in [-0.4, -0.2) is 15.0 Å². The summed E-state index contributed by atoms with van der Waals surface area (Å²) >= 11 is 0. The van der Waals surface area contributed by atoms with E-state index in [1.54, 1.807) is 12.4 Å². The molecule has 19 heavy (non-hydrogen) atoms. The van der Waals surface area contributed by atoms with Crippen LogP contribution >= 0.6 is 0 Å². The molecule has 1 unspecified atom stereocenters. The number of rotatable bonds is 2. The second-order valence-electron chi connectivity index (χ2n) is 4.33. The normalized spacial score (nSPS) is 21.7. The van der Waals surface area contributed by atoms with Crippen LogP contribution in [0, 0.1) is 0 Å². The molecule has 2 aromatic rings. The Kier molecular flexibility index (Phi) is 2.56. The van der Waals surface area contributed by atoms with E-state index >= 15 is 0 Å². The molecule has 6 heteroatoms. The minimum Gasteiger partial charge on any atom is -0.448 e. The van der Waals surface area contributed by atoms with E-state index in [-0.39, 0.29) is 5.95 Å². The highest BCUT2D eigenvalue weighted by atomic mass is 16.3. The third-order valence-electron chi connectivity index (χ3n) is 3.20. The number of nitrogens with zero attached hydrogens (tertiary/aromatic N) is 3. The monoisotopic (exact) mass is 255 g/mol. The van der Waals surface area contributed by atoms with Gasteiger partial charge >= 0.3 is 0 Å². The van der Waals surface area contributed by atoms with Gasteiger partial charge in [-0.05, 0) is 6.42 Å². The molecule has 0 saturated carbocycles. The Morgan fingerprint density at radius 3 is 2.74 bits per heavy atom. The Bertz CT molecular complexity index is 647. The average Bonchev–Trinajstić information content (AvgIpc) is 2.94. The van der Waals surface area contributed by atoms with Gasteiger partial charge in [0, 0.05) is 11.8 Å². The van der Waals surface area contributed by atoms with Gasteiger partial charge in [-0.2, -0.15) is 4.98 Å². The van der Waals surface area contributed by atoms with Crippen molar-refractivity contribution in [2.45, 2.75) is 11.8 Å². The summed E-state index contributed by atoms with van der Waals surface area (Å²) in [6.07, 6.45) is 13.4. The Labute approximate surface area is 109 Å². The van der Waals surface area contributed by atoms with Gasteiger partial charge in [0.05, 0.1) is 11.6 Å². The molecule has 4 N–H and O–H groups in total. The molecule has 1 aliphatic carbocycles. The summed E-state index contributed by atoms with van der Waals surface area (Å²) in [5.41, 5.74) is 11.7. The van der Waals surface area contributed by atoms with Crippen LogP contribution in [0.4, 0.5) is 11.8 Å². The maximum absolute atomic E-state index is 5.98. The zero-order chi connectivity index (χ0) is 13.3. The Morgan fingerprint density at radius 2 is 2.11 bits per heavy atom. The van der Waals surface area contributed by atoms with E-state index in [0.717, 1.165) is 5.56 Å². The fourth-order valence-electron chi connectivity index (χ4n) is 2.29. The average molecular weight is 255 g/mol. The number of nitrogens with two attached hydrogens (primary N) is 2. The van der Waals surface area contributed by atoms with Gasteiger partial charge in [0.1, 0.15) is 12.1 Å². The molecule has 0 fully saturated rings. The quantitative estimate of drug-likeness (QED) is 0.841. The van der Waals surface area contributed by atoms with Crippen LogP contribution in [0.15, 0.2) is 47.4 Å². The smallest absolute Gasteiger partial charge is 0.221 e. The number of allylic oxidation sites excluding steroid dienone is 4. The van der Waals surface area contributed by atoms with Crippen molar-refractivity contribution in [3.63, 3.8) is 0 Å². The largest absolute Gasteiger partial charge is 0.448 e. The van der Waals surface area contributed by atoms with Crippen LogP contribution in [0.3, 0.4) is 0 Å². The predicted molar refractivity (Wildman–Crippen MR) is 71.0 cm³/mol. The number of hydrogen-bond acceptors (Lipinski definition) is 6. The molecule has 1 atom stereocenters. The summed E-state index contributed by atoms with van der Waals surface area (Å²) in [6.45, 7) is 0. The Hall–Kier alpha value is -2.63. The third-order valence-corrected chi connectivity index (χ3v) is 3.20. The zero-order valence-electron chi connectivity index (χ0n) is 10.2. The van der Waals surface area contributed by atoms with Gasteiger partial charge in [-0.15, -0.1) is 0 Å². The fraction of sp³-hybridized carbons (Fsp3) is 0.154. The zero-order valence-corrected chi connectivity index (χ0v) is 10.2. The highest BCUT2D eigenvalue weighted by Crippen LogP contribution is 2.40. The molecule has 0 bridgehead atoms. The summed E-state index contributed by atoms with van der Waals surface area (Å²) in [5, 5.41) is 0. The molecule has 3 rings (SSSR count). The molecule has 2 heterocycles.